The molecule has 0 unspecified atom stereocenters. The van der Waals surface area contributed by atoms with Gasteiger partial charge in [0.1, 0.15) is 0 Å². The number of rotatable bonds is 7. The van der Waals surface area contributed by atoms with Crippen LogP contribution in [0.1, 0.15) is 18.4 Å². The lowest BCUT2D eigenvalue weighted by Gasteiger charge is -2.08. The summed E-state index contributed by atoms with van der Waals surface area (Å²) in [7, 11) is -3.55. The van der Waals surface area contributed by atoms with Gasteiger partial charge in [-0.15, -0.1) is 0 Å². The lowest BCUT2D eigenvalue weighted by molar-refractivity contribution is 0.174. The Balaban J connectivity index is 1.50. The second-order valence-electron chi connectivity index (χ2n) is 5.46. The van der Waals surface area contributed by atoms with E-state index in [9.17, 15) is 8.42 Å². The van der Waals surface area contributed by atoms with E-state index in [4.69, 9.17) is 21.1 Å². The third-order valence-electron chi connectivity index (χ3n) is 3.78. The van der Waals surface area contributed by atoms with Crippen LogP contribution in [0.3, 0.4) is 0 Å². The highest BCUT2D eigenvalue weighted by Gasteiger charge is 2.19. The van der Waals surface area contributed by atoms with Crippen molar-refractivity contribution in [3.05, 3.63) is 53.1 Å². The van der Waals surface area contributed by atoms with Crippen molar-refractivity contribution in [1.29, 1.82) is 0 Å². The summed E-state index contributed by atoms with van der Waals surface area (Å²) in [6.07, 6.45) is 2.41. The number of unbranched alkanes of at least 4 members (excludes halogenated alkanes) is 1. The first-order valence-electron chi connectivity index (χ1n) is 7.69. The molecule has 0 saturated heterocycles. The van der Waals surface area contributed by atoms with Gasteiger partial charge in [-0.25, -0.2) is 13.1 Å². The first-order valence-corrected chi connectivity index (χ1v) is 9.55. The molecule has 1 N–H and O–H groups in total. The number of ether oxygens (including phenoxy) is 2. The van der Waals surface area contributed by atoms with Gasteiger partial charge in [0.2, 0.25) is 16.8 Å². The molecule has 0 fully saturated rings. The Morgan fingerprint density at radius 2 is 1.83 bits per heavy atom. The first-order chi connectivity index (χ1) is 11.6. The van der Waals surface area contributed by atoms with E-state index in [2.05, 4.69) is 4.72 Å². The van der Waals surface area contributed by atoms with Crippen LogP contribution in [0.2, 0.25) is 5.02 Å². The summed E-state index contributed by atoms with van der Waals surface area (Å²) < 4.78 is 37.6. The molecule has 0 bridgehead atoms. The van der Waals surface area contributed by atoms with Gasteiger partial charge in [0.15, 0.2) is 11.5 Å². The molecule has 3 rings (SSSR count). The SMILES string of the molecule is O=S(=O)(NCCCCc1ccccc1Cl)c1ccc2c(c1)OCO2. The number of hydrogen-bond donors (Lipinski definition) is 1. The second-order valence-corrected chi connectivity index (χ2v) is 7.64. The fourth-order valence-corrected chi connectivity index (χ4v) is 3.79. The lowest BCUT2D eigenvalue weighted by Crippen LogP contribution is -2.24. The lowest BCUT2D eigenvalue weighted by atomic mass is 10.1. The topological polar surface area (TPSA) is 64.6 Å². The van der Waals surface area contributed by atoms with Gasteiger partial charge in [-0.3, -0.25) is 0 Å². The van der Waals surface area contributed by atoms with Crippen molar-refractivity contribution in [2.24, 2.45) is 0 Å². The highest BCUT2D eigenvalue weighted by Crippen LogP contribution is 2.33. The van der Waals surface area contributed by atoms with Gasteiger partial charge >= 0.3 is 0 Å². The van der Waals surface area contributed by atoms with E-state index < -0.39 is 10.0 Å². The Hall–Kier alpha value is -1.76. The molecule has 2 aromatic carbocycles. The summed E-state index contributed by atoms with van der Waals surface area (Å²) in [5.74, 6) is 1.02. The van der Waals surface area contributed by atoms with Gasteiger partial charge in [-0.05, 0) is 43.0 Å². The molecule has 0 amide bonds. The van der Waals surface area contributed by atoms with E-state index >= 15 is 0 Å². The minimum Gasteiger partial charge on any atom is -0.454 e. The van der Waals surface area contributed by atoms with Crippen molar-refractivity contribution in [3.8, 4) is 11.5 Å². The largest absolute Gasteiger partial charge is 0.454 e. The molecule has 7 heteroatoms. The Labute approximate surface area is 146 Å². The average molecular weight is 368 g/mol. The average Bonchev–Trinajstić information content (AvgIpc) is 3.03. The Bertz CT molecular complexity index is 823. The zero-order valence-corrected chi connectivity index (χ0v) is 14.6. The molecule has 0 saturated carbocycles. The van der Waals surface area contributed by atoms with E-state index in [1.807, 2.05) is 24.3 Å². The predicted octanol–water partition coefficient (Wildman–Crippen LogP) is 3.37. The Kier molecular flexibility index (Phi) is 5.28. The summed E-state index contributed by atoms with van der Waals surface area (Å²) in [6, 6.07) is 12.3. The van der Waals surface area contributed by atoms with Crippen LogP contribution in [0, 0.1) is 0 Å². The van der Waals surface area contributed by atoms with Gasteiger partial charge in [0, 0.05) is 17.6 Å². The first kappa shape index (κ1) is 17.1. The van der Waals surface area contributed by atoms with Crippen molar-refractivity contribution in [1.82, 2.24) is 4.72 Å². The summed E-state index contributed by atoms with van der Waals surface area (Å²) in [4.78, 5) is 0.179. The van der Waals surface area contributed by atoms with Crippen LogP contribution in [0.4, 0.5) is 0 Å². The number of sulfonamides is 1. The summed E-state index contributed by atoms with van der Waals surface area (Å²) >= 11 is 6.10. The monoisotopic (exact) mass is 367 g/mol. The standard InChI is InChI=1S/C17H18ClNO4S/c18-15-7-2-1-5-13(15)6-3-4-10-19-24(20,21)14-8-9-16-17(11-14)23-12-22-16/h1-2,5,7-9,11,19H,3-4,6,10,12H2. The maximum atomic E-state index is 12.3. The number of aryl methyl sites for hydroxylation is 1. The number of benzene rings is 2. The molecule has 0 aromatic heterocycles. The van der Waals surface area contributed by atoms with Crippen LogP contribution in [0.5, 0.6) is 11.5 Å². The van der Waals surface area contributed by atoms with Crippen molar-refractivity contribution in [2.75, 3.05) is 13.3 Å². The number of nitrogens with one attached hydrogen (secondary N) is 1. The Morgan fingerprint density at radius 3 is 2.67 bits per heavy atom. The zero-order valence-electron chi connectivity index (χ0n) is 13.0. The van der Waals surface area contributed by atoms with Gasteiger partial charge in [0.05, 0.1) is 4.90 Å². The van der Waals surface area contributed by atoms with Crippen molar-refractivity contribution in [3.63, 3.8) is 0 Å². The van der Waals surface area contributed by atoms with Crippen molar-refractivity contribution in [2.45, 2.75) is 24.2 Å². The van der Waals surface area contributed by atoms with Gasteiger partial charge in [-0.2, -0.15) is 0 Å². The highest BCUT2D eigenvalue weighted by molar-refractivity contribution is 7.89. The summed E-state index contributed by atoms with van der Waals surface area (Å²) in [5.41, 5.74) is 1.08. The van der Waals surface area contributed by atoms with Crippen LogP contribution in [-0.4, -0.2) is 21.8 Å². The molecule has 1 heterocycles. The molecular formula is C17H18ClNO4S. The van der Waals surface area contributed by atoms with Crippen molar-refractivity contribution < 1.29 is 17.9 Å². The van der Waals surface area contributed by atoms with Crippen LogP contribution in [-0.2, 0) is 16.4 Å². The van der Waals surface area contributed by atoms with E-state index in [1.165, 1.54) is 12.1 Å². The van der Waals surface area contributed by atoms with Crippen LogP contribution in [0.25, 0.3) is 0 Å². The fourth-order valence-electron chi connectivity index (χ4n) is 2.48. The number of halogens is 1. The van der Waals surface area contributed by atoms with Crippen LogP contribution >= 0.6 is 11.6 Å². The number of hydrogen-bond acceptors (Lipinski definition) is 4. The third-order valence-corrected chi connectivity index (χ3v) is 5.60. The summed E-state index contributed by atoms with van der Waals surface area (Å²) in [6.45, 7) is 0.496. The molecular weight excluding hydrogens is 350 g/mol. The zero-order chi connectivity index (χ0) is 17.0. The Morgan fingerprint density at radius 1 is 1.04 bits per heavy atom. The van der Waals surface area contributed by atoms with Gasteiger partial charge in [0.25, 0.3) is 0 Å². The molecule has 24 heavy (non-hydrogen) atoms. The van der Waals surface area contributed by atoms with Gasteiger partial charge in [-0.1, -0.05) is 29.8 Å². The number of fused-ring (bicyclic) bond motifs is 1. The molecule has 128 valence electrons. The third kappa shape index (κ3) is 4.01. The normalized spacial score (nSPS) is 13.2. The fraction of sp³-hybridized carbons (Fsp3) is 0.294. The predicted molar refractivity (Wildman–Crippen MR) is 92.1 cm³/mol. The quantitative estimate of drug-likeness (QED) is 0.762. The van der Waals surface area contributed by atoms with Gasteiger partial charge < -0.3 is 9.47 Å². The highest BCUT2D eigenvalue weighted by atomic mass is 35.5. The maximum absolute atomic E-state index is 12.3. The minimum atomic E-state index is -3.55. The molecule has 0 aliphatic carbocycles. The maximum Gasteiger partial charge on any atom is 0.240 e. The molecule has 0 atom stereocenters. The molecule has 1 aliphatic rings. The molecule has 2 aromatic rings. The van der Waals surface area contributed by atoms with E-state index in [-0.39, 0.29) is 11.7 Å². The molecule has 0 radical (unpaired) electrons. The van der Waals surface area contributed by atoms with Crippen LogP contribution < -0.4 is 14.2 Å². The van der Waals surface area contributed by atoms with Crippen molar-refractivity contribution >= 4 is 21.6 Å². The molecule has 0 spiro atoms. The molecule has 5 nitrogen and oxygen atoms in total. The van der Waals surface area contributed by atoms with E-state index in [0.29, 0.717) is 18.0 Å². The summed E-state index contributed by atoms with van der Waals surface area (Å²) in [5, 5.41) is 0.749. The minimum absolute atomic E-state index is 0.119. The van der Waals surface area contributed by atoms with Crippen LogP contribution in [0.15, 0.2) is 47.4 Å². The molecule has 1 aliphatic heterocycles. The smallest absolute Gasteiger partial charge is 0.240 e. The van der Waals surface area contributed by atoms with E-state index in [1.54, 1.807) is 6.07 Å². The second kappa shape index (κ2) is 7.42. The van der Waals surface area contributed by atoms with E-state index in [0.717, 1.165) is 29.8 Å².